The predicted molar refractivity (Wildman–Crippen MR) is 155 cm³/mol. The highest BCUT2D eigenvalue weighted by Crippen LogP contribution is 2.39. The molecule has 1 amide bonds. The van der Waals surface area contributed by atoms with Crippen molar-refractivity contribution < 1.29 is 19.0 Å². The molecular formula is C31H38N6O4. The molecule has 1 aromatic carbocycles. The fourth-order valence-corrected chi connectivity index (χ4v) is 6.23. The van der Waals surface area contributed by atoms with E-state index in [4.69, 9.17) is 14.2 Å². The molecule has 10 heteroatoms. The molecule has 5 heterocycles. The number of ether oxygens (including phenoxy) is 3. The number of likely N-dealkylation sites (tertiary alicyclic amines) is 1. The number of piperidine rings is 1. The second-order valence-corrected chi connectivity index (χ2v) is 11.5. The van der Waals surface area contributed by atoms with Gasteiger partial charge in [-0.1, -0.05) is 12.1 Å². The fourth-order valence-electron chi connectivity index (χ4n) is 6.23. The molecule has 0 atom stereocenters. The van der Waals surface area contributed by atoms with E-state index in [1.54, 1.807) is 18.2 Å². The van der Waals surface area contributed by atoms with Gasteiger partial charge in [0.2, 0.25) is 0 Å². The molecular weight excluding hydrogens is 520 g/mol. The first-order valence-corrected chi connectivity index (χ1v) is 14.5. The standard InChI is InChI=1S/C31H38N6O4/c1-22(2)34-10-7-31(39-3,8-11-34)25-4-5-27(23(16-25)18-32)24-17-29-28(6-9-33-37(29)19-24)35-12-14-36(15-13-35)30(38)41-26-20-40-21-26/h4-6,9,16-17,19,22,26H,7-8,10-15,20-21H2,1-3H3. The van der Waals surface area contributed by atoms with Crippen molar-refractivity contribution in [2.75, 3.05) is 64.5 Å². The first kappa shape index (κ1) is 27.5. The van der Waals surface area contributed by atoms with Crippen molar-refractivity contribution in [2.45, 2.75) is 44.4 Å². The second-order valence-electron chi connectivity index (χ2n) is 11.5. The quantitative estimate of drug-likeness (QED) is 0.450. The summed E-state index contributed by atoms with van der Waals surface area (Å²) in [5, 5.41) is 14.7. The number of nitrogens with zero attached hydrogens (tertiary/aromatic N) is 6. The van der Waals surface area contributed by atoms with Gasteiger partial charge in [0, 0.05) is 75.9 Å². The van der Waals surface area contributed by atoms with Gasteiger partial charge in [-0.05, 0) is 50.5 Å². The number of aromatic nitrogens is 2. The van der Waals surface area contributed by atoms with Gasteiger partial charge < -0.3 is 28.9 Å². The summed E-state index contributed by atoms with van der Waals surface area (Å²) < 4.78 is 18.6. The molecule has 3 aliphatic rings. The van der Waals surface area contributed by atoms with Crippen LogP contribution < -0.4 is 4.90 Å². The molecule has 0 spiro atoms. The minimum Gasteiger partial charge on any atom is -0.441 e. The molecule has 216 valence electrons. The number of hydrogen-bond acceptors (Lipinski definition) is 8. The number of benzene rings is 1. The third-order valence-electron chi connectivity index (χ3n) is 8.94. The molecule has 3 aromatic rings. The van der Waals surface area contributed by atoms with E-state index >= 15 is 0 Å². The van der Waals surface area contributed by atoms with Crippen molar-refractivity contribution in [1.29, 1.82) is 5.26 Å². The number of amides is 1. The van der Waals surface area contributed by atoms with E-state index in [2.05, 4.69) is 53.0 Å². The highest BCUT2D eigenvalue weighted by atomic mass is 16.6. The summed E-state index contributed by atoms with van der Waals surface area (Å²) >= 11 is 0. The summed E-state index contributed by atoms with van der Waals surface area (Å²) in [5.74, 6) is 0. The van der Waals surface area contributed by atoms with Crippen LogP contribution in [-0.2, 0) is 19.8 Å². The topological polar surface area (TPSA) is 95.6 Å². The number of fused-ring (bicyclic) bond motifs is 1. The van der Waals surface area contributed by atoms with Crippen LogP contribution >= 0.6 is 0 Å². The van der Waals surface area contributed by atoms with Gasteiger partial charge in [0.05, 0.1) is 41.7 Å². The largest absolute Gasteiger partial charge is 0.441 e. The lowest BCUT2D eigenvalue weighted by molar-refractivity contribution is -0.104. The van der Waals surface area contributed by atoms with Crippen LogP contribution in [0.3, 0.4) is 0 Å². The van der Waals surface area contributed by atoms with Gasteiger partial charge in [0.25, 0.3) is 0 Å². The average Bonchev–Trinajstić information content (AvgIpc) is 3.43. The first-order chi connectivity index (χ1) is 19.9. The van der Waals surface area contributed by atoms with Crippen molar-refractivity contribution in [1.82, 2.24) is 19.4 Å². The van der Waals surface area contributed by atoms with Gasteiger partial charge in [0.1, 0.15) is 0 Å². The van der Waals surface area contributed by atoms with Gasteiger partial charge in [-0.2, -0.15) is 10.4 Å². The smallest absolute Gasteiger partial charge is 0.410 e. The molecule has 3 aliphatic heterocycles. The molecule has 3 fully saturated rings. The van der Waals surface area contributed by atoms with E-state index in [0.717, 1.165) is 53.8 Å². The van der Waals surface area contributed by atoms with Crippen molar-refractivity contribution >= 4 is 17.3 Å². The van der Waals surface area contributed by atoms with E-state index in [1.807, 2.05) is 22.8 Å². The van der Waals surface area contributed by atoms with Gasteiger partial charge in [-0.3, -0.25) is 0 Å². The third kappa shape index (κ3) is 5.25. The van der Waals surface area contributed by atoms with Crippen molar-refractivity contribution in [3.05, 3.63) is 53.9 Å². The van der Waals surface area contributed by atoms with Crippen LogP contribution in [0.15, 0.2) is 42.7 Å². The number of anilines is 1. The Hall–Kier alpha value is -3.65. The first-order valence-electron chi connectivity index (χ1n) is 14.5. The molecule has 2 aromatic heterocycles. The van der Waals surface area contributed by atoms with Crippen molar-refractivity contribution in [2.24, 2.45) is 0 Å². The molecule has 3 saturated heterocycles. The lowest BCUT2D eigenvalue weighted by Gasteiger charge is -2.42. The predicted octanol–water partition coefficient (Wildman–Crippen LogP) is 3.88. The number of rotatable bonds is 6. The molecule has 0 aliphatic carbocycles. The van der Waals surface area contributed by atoms with Gasteiger partial charge >= 0.3 is 6.09 Å². The van der Waals surface area contributed by atoms with E-state index < -0.39 is 0 Å². The Labute approximate surface area is 241 Å². The summed E-state index contributed by atoms with van der Waals surface area (Å²) in [5.41, 5.74) is 5.16. The van der Waals surface area contributed by atoms with E-state index in [9.17, 15) is 10.1 Å². The third-order valence-corrected chi connectivity index (χ3v) is 8.94. The SMILES string of the molecule is COC1(c2ccc(-c3cc4c(N5CCN(C(=O)OC6COC6)CC5)ccnn4c3)c(C#N)c2)CCN(C(C)C)CC1. The summed E-state index contributed by atoms with van der Waals surface area (Å²) in [4.78, 5) is 19.0. The summed E-state index contributed by atoms with van der Waals surface area (Å²) in [6, 6.07) is 13.2. The van der Waals surface area contributed by atoms with Crippen molar-refractivity contribution in [3.8, 4) is 17.2 Å². The number of nitriles is 1. The fraction of sp³-hybridized carbons (Fsp3) is 0.516. The van der Waals surface area contributed by atoms with Crippen LogP contribution in [0.25, 0.3) is 16.6 Å². The van der Waals surface area contributed by atoms with Crippen LogP contribution in [0.4, 0.5) is 10.5 Å². The number of hydrogen-bond donors (Lipinski definition) is 0. The zero-order chi connectivity index (χ0) is 28.6. The molecule has 0 bridgehead atoms. The lowest BCUT2D eigenvalue weighted by Crippen LogP contribution is -2.51. The number of methoxy groups -OCH3 is 1. The number of carbonyl (C=O) groups is 1. The maximum absolute atomic E-state index is 12.5. The molecule has 0 saturated carbocycles. The molecule has 6 rings (SSSR count). The summed E-state index contributed by atoms with van der Waals surface area (Å²) in [7, 11) is 1.78. The minimum atomic E-state index is -0.379. The van der Waals surface area contributed by atoms with Crippen LogP contribution in [0.1, 0.15) is 37.8 Å². The van der Waals surface area contributed by atoms with Gasteiger partial charge in [-0.15, -0.1) is 0 Å². The number of piperazine rings is 1. The summed E-state index contributed by atoms with van der Waals surface area (Å²) in [6.45, 7) is 9.94. The highest BCUT2D eigenvalue weighted by molar-refractivity contribution is 5.82. The normalized spacial score (nSPS) is 19.8. The molecule has 0 radical (unpaired) electrons. The average molecular weight is 559 g/mol. The van der Waals surface area contributed by atoms with E-state index in [1.165, 1.54) is 0 Å². The number of carbonyl (C=O) groups excluding carboxylic acids is 1. The molecule has 10 nitrogen and oxygen atoms in total. The van der Waals surface area contributed by atoms with E-state index in [-0.39, 0.29) is 17.8 Å². The van der Waals surface area contributed by atoms with Crippen LogP contribution in [0.5, 0.6) is 0 Å². The maximum atomic E-state index is 12.5. The molecule has 0 unspecified atom stereocenters. The second kappa shape index (κ2) is 11.3. The Morgan fingerprint density at radius 3 is 2.49 bits per heavy atom. The van der Waals surface area contributed by atoms with Gasteiger partial charge in [0.15, 0.2) is 6.10 Å². The Kier molecular flexibility index (Phi) is 7.60. The van der Waals surface area contributed by atoms with E-state index in [0.29, 0.717) is 51.0 Å². The van der Waals surface area contributed by atoms with Crippen LogP contribution in [-0.4, -0.2) is 97.2 Å². The zero-order valence-corrected chi connectivity index (χ0v) is 24.1. The summed E-state index contributed by atoms with van der Waals surface area (Å²) in [6.07, 6.45) is 5.19. The van der Waals surface area contributed by atoms with Gasteiger partial charge in [-0.25, -0.2) is 9.31 Å². The maximum Gasteiger partial charge on any atom is 0.410 e. The van der Waals surface area contributed by atoms with Crippen LogP contribution in [0, 0.1) is 11.3 Å². The van der Waals surface area contributed by atoms with Crippen molar-refractivity contribution in [3.63, 3.8) is 0 Å². The lowest BCUT2D eigenvalue weighted by atomic mass is 9.82. The minimum absolute atomic E-state index is 0.121. The molecule has 41 heavy (non-hydrogen) atoms. The Bertz CT molecular complexity index is 1440. The Balaban J connectivity index is 1.22. The van der Waals surface area contributed by atoms with Crippen LogP contribution in [0.2, 0.25) is 0 Å². The monoisotopic (exact) mass is 558 g/mol. The highest BCUT2D eigenvalue weighted by Gasteiger charge is 2.37. The Morgan fingerprint density at radius 1 is 1.10 bits per heavy atom. The Morgan fingerprint density at radius 2 is 1.85 bits per heavy atom. The molecule has 0 N–H and O–H groups in total. The zero-order valence-electron chi connectivity index (χ0n) is 24.1.